The highest BCUT2D eigenvalue weighted by Crippen LogP contribution is 2.17. The van der Waals surface area contributed by atoms with Gasteiger partial charge in [-0.25, -0.2) is 0 Å². The van der Waals surface area contributed by atoms with Crippen molar-refractivity contribution in [2.24, 2.45) is 5.92 Å². The summed E-state index contributed by atoms with van der Waals surface area (Å²) in [5, 5.41) is 3.33. The van der Waals surface area contributed by atoms with Crippen LogP contribution < -0.4 is 5.32 Å². The van der Waals surface area contributed by atoms with Crippen LogP contribution in [-0.4, -0.2) is 13.1 Å². The van der Waals surface area contributed by atoms with Gasteiger partial charge in [0.2, 0.25) is 0 Å². The molecular formula is C10H19N. The van der Waals surface area contributed by atoms with Crippen LogP contribution in [-0.2, 0) is 0 Å². The predicted molar refractivity (Wildman–Crippen MR) is 49.6 cm³/mol. The van der Waals surface area contributed by atoms with Crippen LogP contribution in [0.15, 0.2) is 11.6 Å². The van der Waals surface area contributed by atoms with Gasteiger partial charge in [-0.2, -0.15) is 0 Å². The van der Waals surface area contributed by atoms with Crippen LogP contribution in [0, 0.1) is 5.92 Å². The Morgan fingerprint density at radius 3 is 3.00 bits per heavy atom. The quantitative estimate of drug-likeness (QED) is 0.614. The second kappa shape index (κ2) is 4.55. The summed E-state index contributed by atoms with van der Waals surface area (Å²) in [6.45, 7) is 6.88. The number of rotatable bonds is 3. The standard InChI is InChI=1S/C10H19N/c1-3-9(2)8-10-4-6-11-7-5-10/h4,9,11H,3,5-8H2,1-2H3. The zero-order chi connectivity index (χ0) is 8.10. The summed E-state index contributed by atoms with van der Waals surface area (Å²) in [4.78, 5) is 0. The fourth-order valence-corrected chi connectivity index (χ4v) is 1.45. The molecule has 1 aliphatic heterocycles. The van der Waals surface area contributed by atoms with Crippen molar-refractivity contribution >= 4 is 0 Å². The third-order valence-corrected chi connectivity index (χ3v) is 2.47. The maximum absolute atomic E-state index is 3.33. The zero-order valence-electron chi connectivity index (χ0n) is 7.69. The van der Waals surface area contributed by atoms with E-state index >= 15 is 0 Å². The first-order chi connectivity index (χ1) is 5.33. The SMILES string of the molecule is CCC(C)CC1=CCNCC1. The first-order valence-electron chi connectivity index (χ1n) is 4.71. The normalized spacial score (nSPS) is 21.1. The van der Waals surface area contributed by atoms with Gasteiger partial charge >= 0.3 is 0 Å². The number of hydrogen-bond acceptors (Lipinski definition) is 1. The fraction of sp³-hybridized carbons (Fsp3) is 0.800. The van der Waals surface area contributed by atoms with E-state index in [-0.39, 0.29) is 0 Å². The molecule has 0 aromatic heterocycles. The molecule has 0 saturated heterocycles. The molecule has 0 radical (unpaired) electrons. The van der Waals surface area contributed by atoms with Gasteiger partial charge in [-0.1, -0.05) is 31.9 Å². The Bertz CT molecular complexity index is 138. The molecular weight excluding hydrogens is 134 g/mol. The van der Waals surface area contributed by atoms with Gasteiger partial charge in [0.1, 0.15) is 0 Å². The Labute approximate surface area is 69.9 Å². The topological polar surface area (TPSA) is 12.0 Å². The Hall–Kier alpha value is -0.300. The third kappa shape index (κ3) is 3.06. The van der Waals surface area contributed by atoms with E-state index in [1.165, 1.54) is 25.8 Å². The smallest absolute Gasteiger partial charge is 0.0137 e. The van der Waals surface area contributed by atoms with Crippen molar-refractivity contribution in [1.82, 2.24) is 5.32 Å². The molecule has 1 unspecified atom stereocenters. The van der Waals surface area contributed by atoms with Gasteiger partial charge in [0, 0.05) is 6.54 Å². The maximum Gasteiger partial charge on any atom is 0.0137 e. The average Bonchev–Trinajstić information content (AvgIpc) is 2.06. The van der Waals surface area contributed by atoms with E-state index in [0.29, 0.717) is 0 Å². The Morgan fingerprint density at radius 2 is 2.45 bits per heavy atom. The van der Waals surface area contributed by atoms with Crippen molar-refractivity contribution in [3.8, 4) is 0 Å². The molecule has 0 aliphatic carbocycles. The average molecular weight is 153 g/mol. The molecule has 64 valence electrons. The van der Waals surface area contributed by atoms with E-state index in [4.69, 9.17) is 0 Å². The zero-order valence-corrected chi connectivity index (χ0v) is 7.69. The lowest BCUT2D eigenvalue weighted by Gasteiger charge is -2.16. The molecule has 1 N–H and O–H groups in total. The van der Waals surface area contributed by atoms with Crippen molar-refractivity contribution in [2.45, 2.75) is 33.1 Å². The lowest BCUT2D eigenvalue weighted by atomic mass is 9.95. The van der Waals surface area contributed by atoms with E-state index in [1.807, 2.05) is 0 Å². The fourth-order valence-electron chi connectivity index (χ4n) is 1.45. The number of nitrogens with one attached hydrogen (secondary N) is 1. The predicted octanol–water partition coefficient (Wildman–Crippen LogP) is 2.34. The molecule has 0 saturated carbocycles. The van der Waals surface area contributed by atoms with Crippen LogP contribution in [0.4, 0.5) is 0 Å². The second-order valence-electron chi connectivity index (χ2n) is 3.53. The Morgan fingerprint density at radius 1 is 1.64 bits per heavy atom. The first-order valence-corrected chi connectivity index (χ1v) is 4.71. The van der Waals surface area contributed by atoms with Gasteiger partial charge in [0.15, 0.2) is 0 Å². The lowest BCUT2D eigenvalue weighted by molar-refractivity contribution is 0.534. The highest BCUT2D eigenvalue weighted by Gasteiger charge is 2.05. The van der Waals surface area contributed by atoms with E-state index < -0.39 is 0 Å². The minimum absolute atomic E-state index is 0.874. The van der Waals surface area contributed by atoms with Gasteiger partial charge in [-0.15, -0.1) is 0 Å². The second-order valence-corrected chi connectivity index (χ2v) is 3.53. The third-order valence-electron chi connectivity index (χ3n) is 2.47. The summed E-state index contributed by atoms with van der Waals surface area (Å²) in [5.41, 5.74) is 1.66. The molecule has 11 heavy (non-hydrogen) atoms. The van der Waals surface area contributed by atoms with Crippen molar-refractivity contribution in [1.29, 1.82) is 0 Å². The molecule has 1 nitrogen and oxygen atoms in total. The minimum Gasteiger partial charge on any atom is -0.313 e. The van der Waals surface area contributed by atoms with E-state index in [9.17, 15) is 0 Å². The monoisotopic (exact) mass is 153 g/mol. The summed E-state index contributed by atoms with van der Waals surface area (Å²) in [6, 6.07) is 0. The molecule has 1 aliphatic rings. The summed E-state index contributed by atoms with van der Waals surface area (Å²) in [7, 11) is 0. The molecule has 0 spiro atoms. The molecule has 0 aromatic carbocycles. The van der Waals surface area contributed by atoms with E-state index in [1.54, 1.807) is 5.57 Å². The summed E-state index contributed by atoms with van der Waals surface area (Å²) >= 11 is 0. The highest BCUT2D eigenvalue weighted by atomic mass is 14.8. The van der Waals surface area contributed by atoms with Gasteiger partial charge in [-0.3, -0.25) is 0 Å². The van der Waals surface area contributed by atoms with Crippen LogP contribution >= 0.6 is 0 Å². The minimum atomic E-state index is 0.874. The van der Waals surface area contributed by atoms with Crippen LogP contribution in [0.25, 0.3) is 0 Å². The summed E-state index contributed by atoms with van der Waals surface area (Å²) in [6.07, 6.45) is 6.25. The molecule has 0 fully saturated rings. The largest absolute Gasteiger partial charge is 0.313 e. The molecule has 0 bridgehead atoms. The molecule has 1 atom stereocenters. The van der Waals surface area contributed by atoms with Crippen molar-refractivity contribution < 1.29 is 0 Å². The Kier molecular flexibility index (Phi) is 3.64. The first kappa shape index (κ1) is 8.79. The van der Waals surface area contributed by atoms with Crippen molar-refractivity contribution in [2.75, 3.05) is 13.1 Å². The molecule has 1 rings (SSSR count). The van der Waals surface area contributed by atoms with E-state index in [0.717, 1.165) is 12.5 Å². The van der Waals surface area contributed by atoms with Gasteiger partial charge < -0.3 is 5.32 Å². The van der Waals surface area contributed by atoms with Crippen LogP contribution in [0.3, 0.4) is 0 Å². The molecule has 1 heteroatoms. The summed E-state index contributed by atoms with van der Waals surface area (Å²) in [5.74, 6) is 0.874. The van der Waals surface area contributed by atoms with Crippen LogP contribution in [0.5, 0.6) is 0 Å². The lowest BCUT2D eigenvalue weighted by Crippen LogP contribution is -2.21. The van der Waals surface area contributed by atoms with Gasteiger partial charge in [0.25, 0.3) is 0 Å². The number of hydrogen-bond donors (Lipinski definition) is 1. The van der Waals surface area contributed by atoms with Crippen LogP contribution in [0.1, 0.15) is 33.1 Å². The maximum atomic E-state index is 3.33. The van der Waals surface area contributed by atoms with Crippen LogP contribution in [0.2, 0.25) is 0 Å². The van der Waals surface area contributed by atoms with Crippen molar-refractivity contribution in [3.63, 3.8) is 0 Å². The molecule has 0 aromatic rings. The molecule has 1 heterocycles. The summed E-state index contributed by atoms with van der Waals surface area (Å²) < 4.78 is 0. The van der Waals surface area contributed by atoms with E-state index in [2.05, 4.69) is 25.2 Å². The van der Waals surface area contributed by atoms with Gasteiger partial charge in [0.05, 0.1) is 0 Å². The van der Waals surface area contributed by atoms with Gasteiger partial charge in [-0.05, 0) is 25.3 Å². The van der Waals surface area contributed by atoms with Crippen molar-refractivity contribution in [3.05, 3.63) is 11.6 Å². The Balaban J connectivity index is 2.29. The highest BCUT2D eigenvalue weighted by molar-refractivity contribution is 5.07. The molecule has 0 amide bonds.